The number of halogens is 3. The molecule has 2 saturated heterocycles. The first-order valence-electron chi connectivity index (χ1n) is 14.2. The van der Waals surface area contributed by atoms with E-state index >= 15 is 0 Å². The summed E-state index contributed by atoms with van der Waals surface area (Å²) in [4.78, 5) is 37.6. The van der Waals surface area contributed by atoms with E-state index in [4.69, 9.17) is 9.47 Å². The molecule has 1 atom stereocenters. The van der Waals surface area contributed by atoms with E-state index in [9.17, 15) is 22.8 Å². The maximum absolute atomic E-state index is 13.3. The number of carbonyl (C=O) groups is 2. The van der Waals surface area contributed by atoms with Gasteiger partial charge in [-0.25, -0.2) is 9.78 Å². The second kappa shape index (κ2) is 10.5. The van der Waals surface area contributed by atoms with Crippen molar-refractivity contribution in [2.24, 2.45) is 5.41 Å². The molecule has 222 valence electrons. The maximum atomic E-state index is 13.3. The van der Waals surface area contributed by atoms with Crippen LogP contribution in [-0.2, 0) is 22.5 Å². The minimum absolute atomic E-state index is 0.170. The summed E-state index contributed by atoms with van der Waals surface area (Å²) < 4.78 is 51.4. The lowest BCUT2D eigenvalue weighted by atomic mass is 9.69. The summed E-state index contributed by atoms with van der Waals surface area (Å²) in [5.41, 5.74) is 2.07. The molecule has 1 aromatic carbocycles. The van der Waals surface area contributed by atoms with Crippen molar-refractivity contribution >= 4 is 22.8 Å². The predicted molar refractivity (Wildman–Crippen MR) is 148 cm³/mol. The van der Waals surface area contributed by atoms with Gasteiger partial charge in [0, 0.05) is 61.4 Å². The van der Waals surface area contributed by atoms with Crippen LogP contribution < -0.4 is 4.74 Å². The van der Waals surface area contributed by atoms with Crippen LogP contribution in [0.5, 0.6) is 5.75 Å². The molecule has 5 heterocycles. The Morgan fingerprint density at radius 2 is 1.83 bits per heavy atom. The van der Waals surface area contributed by atoms with Gasteiger partial charge in [0.2, 0.25) is 0 Å². The molecule has 3 aliphatic rings. The van der Waals surface area contributed by atoms with E-state index in [-0.39, 0.29) is 18.1 Å². The average Bonchev–Trinajstić information content (AvgIpc) is 3.29. The molecule has 11 heteroatoms. The predicted octanol–water partition coefficient (Wildman–Crippen LogP) is 4.95. The minimum Gasteiger partial charge on any atom is -0.487 e. The van der Waals surface area contributed by atoms with Crippen LogP contribution in [-0.4, -0.2) is 75.7 Å². The van der Waals surface area contributed by atoms with E-state index in [1.165, 1.54) is 0 Å². The molecule has 2 aromatic heterocycles. The highest BCUT2D eigenvalue weighted by molar-refractivity contribution is 5.94. The summed E-state index contributed by atoms with van der Waals surface area (Å²) in [7, 11) is 0. The standard InChI is InChI=1S/C31H33F3N4O4/c1-29(2)16-20-4-3-5-22(26(20)42-29)18-37-13-9-30(25(19-37)41-28(40)31(32,33)34)10-14-38(15-11-30)27(39)24-7-6-21-17-35-12-8-23(21)36-24/h3-8,12,17,25H,9-11,13-16,18-19H2,1-2H3. The van der Waals surface area contributed by atoms with Crippen molar-refractivity contribution < 1.29 is 32.2 Å². The van der Waals surface area contributed by atoms with Crippen molar-refractivity contribution in [3.05, 3.63) is 65.6 Å². The van der Waals surface area contributed by atoms with Crippen molar-refractivity contribution in [1.29, 1.82) is 0 Å². The van der Waals surface area contributed by atoms with Crippen molar-refractivity contribution in [3.63, 3.8) is 0 Å². The van der Waals surface area contributed by atoms with Crippen LogP contribution in [0.25, 0.3) is 10.9 Å². The third-order valence-corrected chi connectivity index (χ3v) is 8.84. The van der Waals surface area contributed by atoms with Gasteiger partial charge in [0.05, 0.1) is 5.52 Å². The molecule has 1 spiro atoms. The molecule has 2 fully saturated rings. The first-order valence-corrected chi connectivity index (χ1v) is 14.2. The highest BCUT2D eigenvalue weighted by Crippen LogP contribution is 2.45. The van der Waals surface area contributed by atoms with Crippen LogP contribution >= 0.6 is 0 Å². The molecule has 1 unspecified atom stereocenters. The van der Waals surface area contributed by atoms with Gasteiger partial charge in [-0.05, 0) is 63.4 Å². The number of hydrogen-bond donors (Lipinski definition) is 0. The van der Waals surface area contributed by atoms with Crippen molar-refractivity contribution in [2.75, 3.05) is 26.2 Å². The Labute approximate surface area is 241 Å². The third-order valence-electron chi connectivity index (χ3n) is 8.84. The Hall–Kier alpha value is -3.73. The van der Waals surface area contributed by atoms with Gasteiger partial charge < -0.3 is 14.4 Å². The van der Waals surface area contributed by atoms with Gasteiger partial charge in [0.25, 0.3) is 5.91 Å². The molecule has 42 heavy (non-hydrogen) atoms. The highest BCUT2D eigenvalue weighted by atomic mass is 19.4. The number of pyridine rings is 2. The number of ether oxygens (including phenoxy) is 2. The van der Waals surface area contributed by atoms with Gasteiger partial charge in [-0.15, -0.1) is 0 Å². The number of esters is 1. The van der Waals surface area contributed by atoms with E-state index in [2.05, 4.69) is 9.97 Å². The number of nitrogens with zero attached hydrogens (tertiary/aromatic N) is 4. The zero-order valence-corrected chi connectivity index (χ0v) is 23.6. The van der Waals surface area contributed by atoms with Gasteiger partial charge >= 0.3 is 12.1 Å². The topological polar surface area (TPSA) is 84.9 Å². The van der Waals surface area contributed by atoms with E-state index < -0.39 is 23.7 Å². The van der Waals surface area contributed by atoms with Crippen molar-refractivity contribution in [2.45, 2.75) is 64.0 Å². The molecule has 0 bridgehead atoms. The molecule has 8 nitrogen and oxygen atoms in total. The SMILES string of the molecule is CC1(C)Cc2cccc(CN3CCC4(CCN(C(=O)c5ccc6cnccc6n5)CC4)C(OC(=O)C(F)(F)F)C3)c2O1. The van der Waals surface area contributed by atoms with Crippen LogP contribution in [0.1, 0.15) is 54.7 Å². The summed E-state index contributed by atoms with van der Waals surface area (Å²) in [6, 6.07) is 11.2. The van der Waals surface area contributed by atoms with Crippen LogP contribution in [0.3, 0.4) is 0 Å². The largest absolute Gasteiger partial charge is 0.490 e. The zero-order chi connectivity index (χ0) is 29.7. The fourth-order valence-electron chi connectivity index (χ4n) is 6.58. The summed E-state index contributed by atoms with van der Waals surface area (Å²) in [5.74, 6) is -1.57. The van der Waals surface area contributed by atoms with Gasteiger partial charge in [-0.3, -0.25) is 14.7 Å². The molecule has 6 rings (SSSR count). The smallest absolute Gasteiger partial charge is 0.487 e. The van der Waals surface area contributed by atoms with Crippen LogP contribution in [0.15, 0.2) is 48.8 Å². The summed E-state index contributed by atoms with van der Waals surface area (Å²) in [6.07, 6.45) is -0.568. The van der Waals surface area contributed by atoms with Crippen LogP contribution in [0.2, 0.25) is 0 Å². The molecule has 3 aromatic rings. The Bertz CT molecular complexity index is 1520. The number of benzene rings is 1. The molecule has 0 radical (unpaired) electrons. The molecule has 3 aliphatic heterocycles. The fourth-order valence-corrected chi connectivity index (χ4v) is 6.58. The van der Waals surface area contributed by atoms with Crippen LogP contribution in [0, 0.1) is 5.41 Å². The number of fused-ring (bicyclic) bond motifs is 2. The van der Waals surface area contributed by atoms with Gasteiger partial charge in [0.1, 0.15) is 23.1 Å². The average molecular weight is 583 g/mol. The van der Waals surface area contributed by atoms with Crippen LogP contribution in [0.4, 0.5) is 13.2 Å². The van der Waals surface area contributed by atoms with Gasteiger partial charge in [0.15, 0.2) is 0 Å². The maximum Gasteiger partial charge on any atom is 0.490 e. The Kier molecular flexibility index (Phi) is 7.11. The zero-order valence-electron chi connectivity index (χ0n) is 23.6. The Balaban J connectivity index is 1.18. The number of aromatic nitrogens is 2. The molecular weight excluding hydrogens is 549 g/mol. The quantitative estimate of drug-likeness (QED) is 0.403. The van der Waals surface area contributed by atoms with Crippen molar-refractivity contribution in [1.82, 2.24) is 19.8 Å². The molecule has 0 N–H and O–H groups in total. The summed E-state index contributed by atoms with van der Waals surface area (Å²) in [6.45, 7) is 6.00. The fraction of sp³-hybridized carbons (Fsp3) is 0.484. The molecule has 0 aliphatic carbocycles. The Morgan fingerprint density at radius 1 is 1.07 bits per heavy atom. The van der Waals surface area contributed by atoms with Gasteiger partial charge in [-0.1, -0.05) is 18.2 Å². The number of alkyl halides is 3. The van der Waals surface area contributed by atoms with E-state index in [1.54, 1.807) is 35.5 Å². The molecule has 1 amide bonds. The second-order valence-electron chi connectivity index (χ2n) is 12.2. The Morgan fingerprint density at radius 3 is 2.60 bits per heavy atom. The first-order chi connectivity index (χ1) is 19.9. The number of rotatable bonds is 4. The third kappa shape index (κ3) is 5.54. The number of para-hydroxylation sites is 1. The first kappa shape index (κ1) is 28.4. The lowest BCUT2D eigenvalue weighted by Crippen LogP contribution is -2.57. The van der Waals surface area contributed by atoms with E-state index in [0.29, 0.717) is 56.7 Å². The number of likely N-dealkylation sites (tertiary alicyclic amines) is 2. The lowest BCUT2D eigenvalue weighted by Gasteiger charge is -2.51. The summed E-state index contributed by atoms with van der Waals surface area (Å²) >= 11 is 0. The number of carbonyl (C=O) groups excluding carboxylic acids is 2. The van der Waals surface area contributed by atoms with Gasteiger partial charge in [-0.2, -0.15) is 13.2 Å². The number of piperidine rings is 2. The highest BCUT2D eigenvalue weighted by Gasteiger charge is 2.51. The molecular formula is C31H33F3N4O4. The van der Waals surface area contributed by atoms with E-state index in [0.717, 1.165) is 28.7 Å². The minimum atomic E-state index is -5.09. The monoisotopic (exact) mass is 582 g/mol. The normalized spacial score (nSPS) is 21.6. The number of hydrogen-bond acceptors (Lipinski definition) is 7. The van der Waals surface area contributed by atoms with E-state index in [1.807, 2.05) is 36.9 Å². The second-order valence-corrected chi connectivity index (χ2v) is 12.2. The lowest BCUT2D eigenvalue weighted by molar-refractivity contribution is -0.216. The molecule has 0 saturated carbocycles. The summed E-state index contributed by atoms with van der Waals surface area (Å²) in [5, 5.41) is 0.823. The van der Waals surface area contributed by atoms with Crippen molar-refractivity contribution in [3.8, 4) is 5.75 Å². The number of amides is 1.